The van der Waals surface area contributed by atoms with E-state index < -0.39 is 0 Å². The number of hydrogen-bond acceptors (Lipinski definition) is 3. The van der Waals surface area contributed by atoms with Gasteiger partial charge in [-0.1, -0.05) is 20.8 Å². The molecule has 2 aromatic rings. The SMILES string of the molecule is COc1ccc(NC(=O)c2c(C(C)(C)C)sc3c2CCCC3)cc1. The molecule has 1 aliphatic carbocycles. The Kier molecular flexibility index (Phi) is 4.68. The molecule has 4 heteroatoms. The van der Waals surface area contributed by atoms with Gasteiger partial charge in [-0.05, 0) is 60.9 Å². The summed E-state index contributed by atoms with van der Waals surface area (Å²) < 4.78 is 5.17. The second kappa shape index (κ2) is 6.60. The number of rotatable bonds is 3. The zero-order chi connectivity index (χ0) is 17.3. The molecule has 0 saturated heterocycles. The highest BCUT2D eigenvalue weighted by Gasteiger charge is 2.30. The molecule has 1 aliphatic rings. The molecule has 0 bridgehead atoms. The standard InChI is InChI=1S/C20H25NO2S/c1-20(2,3)18-17(15-7-5-6-8-16(15)24-18)19(22)21-13-9-11-14(23-4)12-10-13/h9-12H,5-8H2,1-4H3,(H,21,22). The van der Waals surface area contributed by atoms with Gasteiger partial charge >= 0.3 is 0 Å². The van der Waals surface area contributed by atoms with E-state index in [0.29, 0.717) is 0 Å². The molecule has 1 aromatic carbocycles. The molecule has 24 heavy (non-hydrogen) atoms. The summed E-state index contributed by atoms with van der Waals surface area (Å²) in [5.41, 5.74) is 2.98. The van der Waals surface area contributed by atoms with Crippen LogP contribution in [0, 0.1) is 0 Å². The molecule has 0 unspecified atom stereocenters. The number of fused-ring (bicyclic) bond motifs is 1. The number of carbonyl (C=O) groups excluding carboxylic acids is 1. The number of benzene rings is 1. The van der Waals surface area contributed by atoms with Crippen LogP contribution < -0.4 is 10.1 Å². The summed E-state index contributed by atoms with van der Waals surface area (Å²) in [6.45, 7) is 6.57. The van der Waals surface area contributed by atoms with Crippen molar-refractivity contribution in [3.8, 4) is 5.75 Å². The maximum Gasteiger partial charge on any atom is 0.257 e. The van der Waals surface area contributed by atoms with Gasteiger partial charge in [-0.25, -0.2) is 0 Å². The Morgan fingerprint density at radius 1 is 1.12 bits per heavy atom. The first-order valence-electron chi connectivity index (χ1n) is 8.50. The van der Waals surface area contributed by atoms with Gasteiger partial charge in [0.05, 0.1) is 12.7 Å². The molecule has 3 rings (SSSR count). The summed E-state index contributed by atoms with van der Waals surface area (Å²) in [4.78, 5) is 15.7. The lowest BCUT2D eigenvalue weighted by Gasteiger charge is -2.19. The second-order valence-corrected chi connectivity index (χ2v) is 8.45. The Bertz CT molecular complexity index is 738. The fraction of sp³-hybridized carbons (Fsp3) is 0.450. The third-order valence-electron chi connectivity index (χ3n) is 4.43. The molecule has 0 saturated carbocycles. The normalized spacial score (nSPS) is 14.2. The minimum atomic E-state index is -0.0193. The molecule has 3 nitrogen and oxygen atoms in total. The van der Waals surface area contributed by atoms with Crippen LogP contribution in [0.5, 0.6) is 5.75 Å². The van der Waals surface area contributed by atoms with Crippen molar-refractivity contribution in [1.82, 2.24) is 0 Å². The van der Waals surface area contributed by atoms with Crippen molar-refractivity contribution in [2.75, 3.05) is 12.4 Å². The Balaban J connectivity index is 1.94. The summed E-state index contributed by atoms with van der Waals surface area (Å²) in [5.74, 6) is 0.806. The third-order valence-corrected chi connectivity index (χ3v) is 6.14. The zero-order valence-corrected chi connectivity index (χ0v) is 15.7. The van der Waals surface area contributed by atoms with Crippen LogP contribution in [-0.2, 0) is 18.3 Å². The lowest BCUT2D eigenvalue weighted by atomic mass is 9.87. The maximum absolute atomic E-state index is 13.0. The number of ether oxygens (including phenoxy) is 1. The summed E-state index contributed by atoms with van der Waals surface area (Å²) in [6.07, 6.45) is 4.54. The zero-order valence-electron chi connectivity index (χ0n) is 14.9. The second-order valence-electron chi connectivity index (χ2n) is 7.35. The van der Waals surface area contributed by atoms with Gasteiger partial charge in [0.25, 0.3) is 5.91 Å². The van der Waals surface area contributed by atoms with Crippen molar-refractivity contribution < 1.29 is 9.53 Å². The van der Waals surface area contributed by atoms with Gasteiger partial charge in [-0.15, -0.1) is 11.3 Å². The molecule has 1 N–H and O–H groups in total. The molecule has 0 spiro atoms. The average molecular weight is 343 g/mol. The van der Waals surface area contributed by atoms with Gasteiger partial charge in [0, 0.05) is 15.4 Å². The molecule has 0 radical (unpaired) electrons. The topological polar surface area (TPSA) is 38.3 Å². The van der Waals surface area contributed by atoms with E-state index >= 15 is 0 Å². The molecule has 1 heterocycles. The number of carbonyl (C=O) groups is 1. The van der Waals surface area contributed by atoms with E-state index in [-0.39, 0.29) is 11.3 Å². The van der Waals surface area contributed by atoms with Crippen LogP contribution in [0.2, 0.25) is 0 Å². The molecule has 1 amide bonds. The number of thiophene rings is 1. The average Bonchev–Trinajstić information content (AvgIpc) is 2.95. The summed E-state index contributed by atoms with van der Waals surface area (Å²) in [5, 5.41) is 3.07. The first-order chi connectivity index (χ1) is 11.4. The Morgan fingerprint density at radius 3 is 2.42 bits per heavy atom. The van der Waals surface area contributed by atoms with Crippen molar-refractivity contribution in [3.63, 3.8) is 0 Å². The monoisotopic (exact) mass is 343 g/mol. The first-order valence-corrected chi connectivity index (χ1v) is 9.32. The van der Waals surface area contributed by atoms with Gasteiger partial charge in [-0.2, -0.15) is 0 Å². The smallest absolute Gasteiger partial charge is 0.257 e. The van der Waals surface area contributed by atoms with Crippen molar-refractivity contribution in [1.29, 1.82) is 0 Å². The Morgan fingerprint density at radius 2 is 1.79 bits per heavy atom. The minimum absolute atomic E-state index is 0.0180. The van der Waals surface area contributed by atoms with E-state index in [2.05, 4.69) is 26.1 Å². The van der Waals surface area contributed by atoms with Gasteiger partial charge in [0.2, 0.25) is 0 Å². The van der Waals surface area contributed by atoms with Gasteiger partial charge in [0.1, 0.15) is 5.75 Å². The molecule has 0 atom stereocenters. The minimum Gasteiger partial charge on any atom is -0.497 e. The molecular formula is C20H25NO2S. The van der Waals surface area contributed by atoms with Crippen LogP contribution in [0.4, 0.5) is 5.69 Å². The highest BCUT2D eigenvalue weighted by atomic mass is 32.1. The first kappa shape index (κ1) is 17.0. The van der Waals surface area contributed by atoms with Gasteiger partial charge in [-0.3, -0.25) is 4.79 Å². The number of anilines is 1. The number of nitrogens with one attached hydrogen (secondary N) is 1. The predicted octanol–water partition coefficient (Wildman–Crippen LogP) is 5.19. The van der Waals surface area contributed by atoms with E-state index in [1.165, 1.54) is 28.2 Å². The van der Waals surface area contributed by atoms with E-state index in [9.17, 15) is 4.79 Å². The van der Waals surface area contributed by atoms with Crippen LogP contribution in [0.25, 0.3) is 0 Å². The largest absolute Gasteiger partial charge is 0.497 e. The van der Waals surface area contributed by atoms with Crippen molar-refractivity contribution in [2.45, 2.75) is 51.9 Å². The van der Waals surface area contributed by atoms with Crippen LogP contribution in [-0.4, -0.2) is 13.0 Å². The van der Waals surface area contributed by atoms with E-state index in [1.54, 1.807) is 7.11 Å². The van der Waals surface area contributed by atoms with Crippen molar-refractivity contribution >= 4 is 22.9 Å². The molecule has 1 aromatic heterocycles. The fourth-order valence-electron chi connectivity index (χ4n) is 3.20. The predicted molar refractivity (Wildman–Crippen MR) is 101 cm³/mol. The highest BCUT2D eigenvalue weighted by Crippen LogP contribution is 2.40. The third kappa shape index (κ3) is 3.34. The Hall–Kier alpha value is -1.81. The van der Waals surface area contributed by atoms with Gasteiger partial charge in [0.15, 0.2) is 0 Å². The fourth-order valence-corrected chi connectivity index (χ4v) is 4.65. The number of hydrogen-bond donors (Lipinski definition) is 1. The molecule has 0 aliphatic heterocycles. The quantitative estimate of drug-likeness (QED) is 0.833. The van der Waals surface area contributed by atoms with E-state index in [0.717, 1.165) is 29.8 Å². The summed E-state index contributed by atoms with van der Waals surface area (Å²) in [7, 11) is 1.64. The van der Waals surface area contributed by atoms with Crippen LogP contribution >= 0.6 is 11.3 Å². The number of amides is 1. The summed E-state index contributed by atoms with van der Waals surface area (Å²) in [6, 6.07) is 7.49. The highest BCUT2D eigenvalue weighted by molar-refractivity contribution is 7.12. The molecular weight excluding hydrogens is 318 g/mol. The van der Waals surface area contributed by atoms with E-state index in [4.69, 9.17) is 4.74 Å². The molecule has 128 valence electrons. The number of aryl methyl sites for hydroxylation is 1. The van der Waals surface area contributed by atoms with E-state index in [1.807, 2.05) is 35.6 Å². The van der Waals surface area contributed by atoms with Crippen LogP contribution in [0.1, 0.15) is 59.3 Å². The van der Waals surface area contributed by atoms with Gasteiger partial charge < -0.3 is 10.1 Å². The number of methoxy groups -OCH3 is 1. The van der Waals surface area contributed by atoms with Crippen molar-refractivity contribution in [3.05, 3.63) is 45.1 Å². The lowest BCUT2D eigenvalue weighted by Crippen LogP contribution is -2.20. The lowest BCUT2D eigenvalue weighted by molar-refractivity contribution is 0.102. The van der Waals surface area contributed by atoms with Crippen LogP contribution in [0.3, 0.4) is 0 Å². The van der Waals surface area contributed by atoms with Crippen molar-refractivity contribution in [2.24, 2.45) is 0 Å². The molecule has 0 fully saturated rings. The summed E-state index contributed by atoms with van der Waals surface area (Å²) >= 11 is 1.83. The Labute approximate surface area is 148 Å². The maximum atomic E-state index is 13.0. The van der Waals surface area contributed by atoms with Crippen LogP contribution in [0.15, 0.2) is 24.3 Å².